The molecule has 0 nitrogen and oxygen atoms in total. The number of rotatable bonds is 3. The van der Waals surface area contributed by atoms with Gasteiger partial charge in [0.05, 0.1) is 5.41 Å². The average molecular weight is 551 g/mol. The molecule has 0 unspecified atom stereocenters. The molecule has 1 aliphatic carbocycles. The van der Waals surface area contributed by atoms with Crippen LogP contribution >= 0.6 is 11.8 Å². The maximum atomic E-state index is 2.36. The van der Waals surface area contributed by atoms with Gasteiger partial charge >= 0.3 is 0 Å². The average Bonchev–Trinajstić information content (AvgIpc) is 3.37. The fraction of sp³-hybridized carbons (Fsp3) is 0.0244. The lowest BCUT2D eigenvalue weighted by Crippen LogP contribution is -2.29. The standard InChI is InChI=1S/C41H26S/c1-2-13-27(14-3-1)41(36-22-9-5-16-30(36)31-17-6-10-23-37(31)41)35-21-8-4-15-29(35)28-25-26-39-40-33(28)19-12-20-34(40)32-18-7-11-24-38(32)42-39/h1-26H. The molecule has 0 saturated heterocycles. The summed E-state index contributed by atoms with van der Waals surface area (Å²) in [5, 5.41) is 2.66. The van der Waals surface area contributed by atoms with Crippen LogP contribution in [0.2, 0.25) is 0 Å². The molecule has 2 aliphatic rings. The third kappa shape index (κ3) is 3.15. The Morgan fingerprint density at radius 2 is 0.857 bits per heavy atom. The van der Waals surface area contributed by atoms with E-state index >= 15 is 0 Å². The molecule has 0 aromatic heterocycles. The fourth-order valence-corrected chi connectivity index (χ4v) is 8.67. The van der Waals surface area contributed by atoms with Crippen LogP contribution in [0, 0.1) is 0 Å². The van der Waals surface area contributed by atoms with Crippen molar-refractivity contribution in [3.63, 3.8) is 0 Å². The second-order valence-corrected chi connectivity index (χ2v) is 12.3. The normalized spacial score (nSPS) is 13.8. The van der Waals surface area contributed by atoms with Crippen LogP contribution in [0.1, 0.15) is 22.3 Å². The SMILES string of the molecule is c1ccc(C2(c3ccccc3-c3ccc4c5c(cccc35)-c3ccccc3S4)c3ccccc3-c3ccccc32)cc1. The Kier molecular flexibility index (Phi) is 5.15. The zero-order chi connectivity index (χ0) is 27.7. The van der Waals surface area contributed by atoms with Gasteiger partial charge < -0.3 is 0 Å². The van der Waals surface area contributed by atoms with E-state index in [1.807, 2.05) is 11.8 Å². The summed E-state index contributed by atoms with van der Waals surface area (Å²) in [5.41, 5.74) is 12.7. The zero-order valence-electron chi connectivity index (χ0n) is 22.9. The smallest absolute Gasteiger partial charge is 0.0719 e. The van der Waals surface area contributed by atoms with Crippen LogP contribution in [-0.4, -0.2) is 0 Å². The van der Waals surface area contributed by atoms with Gasteiger partial charge in [0.1, 0.15) is 0 Å². The van der Waals surface area contributed by atoms with Crippen molar-refractivity contribution in [2.75, 3.05) is 0 Å². The summed E-state index contributed by atoms with van der Waals surface area (Å²) >= 11 is 1.89. The molecule has 0 N–H and O–H groups in total. The van der Waals surface area contributed by atoms with Gasteiger partial charge in [-0.1, -0.05) is 157 Å². The van der Waals surface area contributed by atoms with Crippen LogP contribution in [0.25, 0.3) is 44.2 Å². The van der Waals surface area contributed by atoms with Gasteiger partial charge in [-0.2, -0.15) is 0 Å². The third-order valence-corrected chi connectivity index (χ3v) is 10.3. The molecule has 0 atom stereocenters. The van der Waals surface area contributed by atoms with Gasteiger partial charge in [0.2, 0.25) is 0 Å². The van der Waals surface area contributed by atoms with Crippen molar-refractivity contribution < 1.29 is 0 Å². The van der Waals surface area contributed by atoms with E-state index in [4.69, 9.17) is 0 Å². The molecular weight excluding hydrogens is 525 g/mol. The Balaban J connectivity index is 1.40. The molecule has 0 bridgehead atoms. The van der Waals surface area contributed by atoms with Crippen LogP contribution in [0.3, 0.4) is 0 Å². The third-order valence-electron chi connectivity index (χ3n) is 9.18. The summed E-state index contributed by atoms with van der Waals surface area (Å²) in [6.45, 7) is 0. The first-order valence-electron chi connectivity index (χ1n) is 14.5. The molecule has 196 valence electrons. The second kappa shape index (κ2) is 9.08. The lowest BCUT2D eigenvalue weighted by Gasteiger charge is -2.36. The molecule has 1 heteroatoms. The van der Waals surface area contributed by atoms with Crippen molar-refractivity contribution in [3.8, 4) is 33.4 Å². The van der Waals surface area contributed by atoms with Crippen LogP contribution in [-0.2, 0) is 5.41 Å². The molecule has 0 saturated carbocycles. The molecule has 1 heterocycles. The highest BCUT2D eigenvalue weighted by Crippen LogP contribution is 2.58. The minimum absolute atomic E-state index is 0.438. The summed E-state index contributed by atoms with van der Waals surface area (Å²) in [4.78, 5) is 2.66. The van der Waals surface area contributed by atoms with E-state index in [1.165, 1.54) is 76.2 Å². The summed E-state index contributed by atoms with van der Waals surface area (Å²) in [7, 11) is 0. The van der Waals surface area contributed by atoms with E-state index in [-0.39, 0.29) is 0 Å². The molecule has 9 rings (SSSR count). The van der Waals surface area contributed by atoms with E-state index in [0.717, 1.165) is 0 Å². The van der Waals surface area contributed by atoms with E-state index in [1.54, 1.807) is 0 Å². The van der Waals surface area contributed by atoms with Gasteiger partial charge in [-0.05, 0) is 73.2 Å². The van der Waals surface area contributed by atoms with Crippen molar-refractivity contribution in [2.45, 2.75) is 15.2 Å². The highest BCUT2D eigenvalue weighted by molar-refractivity contribution is 7.99. The monoisotopic (exact) mass is 550 g/mol. The predicted octanol–water partition coefficient (Wildman–Crippen LogP) is 11.0. The highest BCUT2D eigenvalue weighted by atomic mass is 32.2. The Labute approximate surface area is 250 Å². The quantitative estimate of drug-likeness (QED) is 0.211. The van der Waals surface area contributed by atoms with Crippen LogP contribution in [0.4, 0.5) is 0 Å². The van der Waals surface area contributed by atoms with Gasteiger partial charge in [-0.3, -0.25) is 0 Å². The van der Waals surface area contributed by atoms with Gasteiger partial charge in [0.15, 0.2) is 0 Å². The number of hydrogen-bond acceptors (Lipinski definition) is 1. The van der Waals surface area contributed by atoms with Gasteiger partial charge in [0, 0.05) is 15.2 Å². The van der Waals surface area contributed by atoms with Gasteiger partial charge in [-0.25, -0.2) is 0 Å². The molecule has 0 fully saturated rings. The Morgan fingerprint density at radius 3 is 1.52 bits per heavy atom. The first-order valence-corrected chi connectivity index (χ1v) is 15.3. The maximum absolute atomic E-state index is 2.36. The van der Waals surface area contributed by atoms with Crippen molar-refractivity contribution in [1.29, 1.82) is 0 Å². The van der Waals surface area contributed by atoms with Crippen molar-refractivity contribution >= 4 is 22.5 Å². The molecule has 0 radical (unpaired) electrons. The number of benzene rings is 7. The summed E-state index contributed by atoms with van der Waals surface area (Å²) in [5.74, 6) is 0. The topological polar surface area (TPSA) is 0 Å². The fourth-order valence-electron chi connectivity index (χ4n) is 7.54. The van der Waals surface area contributed by atoms with Crippen LogP contribution in [0.5, 0.6) is 0 Å². The Bertz CT molecular complexity index is 2130. The second-order valence-electron chi connectivity index (χ2n) is 11.2. The van der Waals surface area contributed by atoms with Crippen molar-refractivity contribution in [2.24, 2.45) is 0 Å². The van der Waals surface area contributed by atoms with E-state index in [2.05, 4.69) is 158 Å². The molecule has 0 spiro atoms. The molecule has 1 aliphatic heterocycles. The summed E-state index contributed by atoms with van der Waals surface area (Å²) in [6.07, 6.45) is 0. The Morgan fingerprint density at radius 1 is 0.333 bits per heavy atom. The predicted molar refractivity (Wildman–Crippen MR) is 176 cm³/mol. The lowest BCUT2D eigenvalue weighted by molar-refractivity contribution is 0.770. The van der Waals surface area contributed by atoms with E-state index in [9.17, 15) is 0 Å². The first-order chi connectivity index (χ1) is 20.9. The highest BCUT2D eigenvalue weighted by Gasteiger charge is 2.47. The summed E-state index contributed by atoms with van der Waals surface area (Å²) < 4.78 is 0. The van der Waals surface area contributed by atoms with Crippen molar-refractivity contribution in [3.05, 3.63) is 180 Å². The molecule has 7 aromatic rings. The summed E-state index contributed by atoms with van der Waals surface area (Å²) in [6, 6.07) is 58.5. The number of fused-ring (bicyclic) bond motifs is 5. The molecular formula is C41H26S. The molecule has 42 heavy (non-hydrogen) atoms. The maximum Gasteiger partial charge on any atom is 0.0719 e. The molecule has 7 aromatic carbocycles. The first kappa shape index (κ1) is 23.8. The zero-order valence-corrected chi connectivity index (χ0v) is 23.7. The van der Waals surface area contributed by atoms with E-state index in [0.29, 0.717) is 0 Å². The minimum Gasteiger partial charge on any atom is -0.0888 e. The van der Waals surface area contributed by atoms with Crippen LogP contribution in [0.15, 0.2) is 168 Å². The largest absolute Gasteiger partial charge is 0.0888 e. The van der Waals surface area contributed by atoms with E-state index < -0.39 is 5.41 Å². The van der Waals surface area contributed by atoms with Crippen LogP contribution < -0.4 is 0 Å². The Hall–Kier alpha value is -4.85. The van der Waals surface area contributed by atoms with Crippen molar-refractivity contribution in [1.82, 2.24) is 0 Å². The number of hydrogen-bond donors (Lipinski definition) is 0. The minimum atomic E-state index is -0.438. The van der Waals surface area contributed by atoms with Gasteiger partial charge in [0.25, 0.3) is 0 Å². The molecule has 0 amide bonds. The van der Waals surface area contributed by atoms with Gasteiger partial charge in [-0.15, -0.1) is 0 Å². The lowest BCUT2D eigenvalue weighted by atomic mass is 9.65.